The predicted octanol–water partition coefficient (Wildman–Crippen LogP) is 3.72. The van der Waals surface area contributed by atoms with Crippen LogP contribution in [0.2, 0.25) is 10.0 Å². The van der Waals surface area contributed by atoms with Gasteiger partial charge in [-0.05, 0) is 24.3 Å². The number of anilines is 2. The minimum Gasteiger partial charge on any atom is -0.506 e. The molecule has 0 aromatic heterocycles. The molecule has 6 N–H and O–H groups in total. The maximum atomic E-state index is 9.59. The van der Waals surface area contributed by atoms with Crippen LogP contribution >= 0.6 is 35.0 Å². The molecule has 0 saturated carbocycles. The third-order valence-corrected chi connectivity index (χ3v) is 3.97. The Kier molecular flexibility index (Phi) is 3.89. The van der Waals surface area contributed by atoms with E-state index in [2.05, 4.69) is 0 Å². The molecule has 0 heterocycles. The zero-order valence-electron chi connectivity index (χ0n) is 9.52. The van der Waals surface area contributed by atoms with Gasteiger partial charge in [0.1, 0.15) is 11.5 Å². The van der Waals surface area contributed by atoms with Gasteiger partial charge in [0.05, 0.1) is 21.4 Å². The van der Waals surface area contributed by atoms with Gasteiger partial charge in [-0.15, -0.1) is 0 Å². The Bertz CT molecular complexity index is 548. The first kappa shape index (κ1) is 14.0. The van der Waals surface area contributed by atoms with Crippen molar-refractivity contribution < 1.29 is 10.2 Å². The summed E-state index contributed by atoms with van der Waals surface area (Å²) < 4.78 is 0. The van der Waals surface area contributed by atoms with E-state index in [9.17, 15) is 10.2 Å². The average Bonchev–Trinajstić information content (AvgIpc) is 2.33. The summed E-state index contributed by atoms with van der Waals surface area (Å²) in [6.45, 7) is 0. The van der Waals surface area contributed by atoms with Crippen molar-refractivity contribution in [3.8, 4) is 11.5 Å². The molecule has 0 aliphatic heterocycles. The molecule has 2 aromatic carbocycles. The smallest absolute Gasteiger partial charge is 0.141 e. The molecule has 0 bridgehead atoms. The van der Waals surface area contributed by atoms with Crippen molar-refractivity contribution in [1.29, 1.82) is 0 Å². The molecule has 0 spiro atoms. The predicted molar refractivity (Wildman–Crippen MR) is 79.2 cm³/mol. The number of hydrogen-bond donors (Lipinski definition) is 4. The SMILES string of the molecule is Nc1c(O)cc(Sc2cc(O)c(N)c(Cl)c2)cc1Cl. The van der Waals surface area contributed by atoms with Crippen molar-refractivity contribution in [1.82, 2.24) is 0 Å². The van der Waals surface area contributed by atoms with Crippen molar-refractivity contribution in [2.24, 2.45) is 0 Å². The summed E-state index contributed by atoms with van der Waals surface area (Å²) >= 11 is 13.0. The van der Waals surface area contributed by atoms with E-state index >= 15 is 0 Å². The number of nitrogen functional groups attached to an aromatic ring is 2. The highest BCUT2D eigenvalue weighted by Crippen LogP contribution is 2.40. The molecular weight excluding hydrogens is 307 g/mol. The van der Waals surface area contributed by atoms with Gasteiger partial charge in [-0.1, -0.05) is 35.0 Å². The van der Waals surface area contributed by atoms with Crippen LogP contribution in [0.4, 0.5) is 11.4 Å². The summed E-state index contributed by atoms with van der Waals surface area (Å²) in [6, 6.07) is 6.19. The Labute approximate surface area is 123 Å². The molecule has 2 rings (SSSR count). The second-order valence-corrected chi connectivity index (χ2v) is 5.74. The largest absolute Gasteiger partial charge is 0.506 e. The summed E-state index contributed by atoms with van der Waals surface area (Å²) in [6.07, 6.45) is 0. The van der Waals surface area contributed by atoms with Crippen LogP contribution in [0, 0.1) is 0 Å². The molecule has 100 valence electrons. The maximum absolute atomic E-state index is 9.59. The topological polar surface area (TPSA) is 92.5 Å². The van der Waals surface area contributed by atoms with Crippen LogP contribution in [-0.2, 0) is 0 Å². The number of nitrogens with two attached hydrogens (primary N) is 2. The van der Waals surface area contributed by atoms with Crippen molar-refractivity contribution in [3.63, 3.8) is 0 Å². The van der Waals surface area contributed by atoms with Gasteiger partial charge in [0.15, 0.2) is 0 Å². The van der Waals surface area contributed by atoms with Gasteiger partial charge in [0.25, 0.3) is 0 Å². The van der Waals surface area contributed by atoms with Crippen LogP contribution in [0.3, 0.4) is 0 Å². The summed E-state index contributed by atoms with van der Waals surface area (Å²) in [5.74, 6) is -0.193. The van der Waals surface area contributed by atoms with Crippen LogP contribution in [0.1, 0.15) is 0 Å². The molecule has 2 aromatic rings. The highest BCUT2D eigenvalue weighted by Gasteiger charge is 2.10. The molecule has 0 aliphatic carbocycles. The first-order valence-electron chi connectivity index (χ1n) is 5.12. The summed E-state index contributed by atoms with van der Waals surface area (Å²) in [5.41, 5.74) is 11.3. The standard InChI is InChI=1S/C12H10Cl2N2O2S/c13-7-1-5(3-9(17)11(7)15)19-6-2-8(14)12(16)10(18)4-6/h1-4,17-18H,15-16H2. The minimum atomic E-state index is -0.0965. The van der Waals surface area contributed by atoms with Gasteiger partial charge >= 0.3 is 0 Å². The van der Waals surface area contributed by atoms with E-state index < -0.39 is 0 Å². The average molecular weight is 317 g/mol. The number of phenolic OH excluding ortho intramolecular Hbond substituents is 2. The number of halogens is 2. The summed E-state index contributed by atoms with van der Waals surface area (Å²) in [4.78, 5) is 1.33. The number of benzene rings is 2. The van der Waals surface area contributed by atoms with Crippen molar-refractivity contribution >= 4 is 46.3 Å². The third-order valence-electron chi connectivity index (χ3n) is 2.40. The number of aromatic hydroxyl groups is 2. The summed E-state index contributed by atoms with van der Waals surface area (Å²) in [7, 11) is 0. The first-order chi connectivity index (χ1) is 8.88. The van der Waals surface area contributed by atoms with Gasteiger partial charge in [-0.2, -0.15) is 0 Å². The van der Waals surface area contributed by atoms with E-state index in [4.69, 9.17) is 34.7 Å². The Hall–Kier alpha value is -1.43. The molecule has 0 atom stereocenters. The van der Waals surface area contributed by atoms with Gasteiger partial charge in [-0.25, -0.2) is 0 Å². The maximum Gasteiger partial charge on any atom is 0.141 e. The molecule has 0 unspecified atom stereocenters. The molecule has 0 fully saturated rings. The molecule has 4 nitrogen and oxygen atoms in total. The number of phenols is 2. The lowest BCUT2D eigenvalue weighted by molar-refractivity contribution is 0.476. The van der Waals surface area contributed by atoms with E-state index in [0.29, 0.717) is 9.79 Å². The normalized spacial score (nSPS) is 10.6. The zero-order chi connectivity index (χ0) is 14.2. The van der Waals surface area contributed by atoms with E-state index in [1.165, 1.54) is 23.9 Å². The Balaban J connectivity index is 2.36. The van der Waals surface area contributed by atoms with E-state index in [1.807, 2.05) is 0 Å². The lowest BCUT2D eigenvalue weighted by Crippen LogP contribution is -1.89. The van der Waals surface area contributed by atoms with Crippen molar-refractivity contribution in [2.75, 3.05) is 11.5 Å². The molecule has 0 saturated heterocycles. The van der Waals surface area contributed by atoms with Gasteiger partial charge in [-0.3, -0.25) is 0 Å². The monoisotopic (exact) mass is 316 g/mol. The third kappa shape index (κ3) is 2.94. The van der Waals surface area contributed by atoms with Crippen LogP contribution in [0.25, 0.3) is 0 Å². The second kappa shape index (κ2) is 5.28. The molecule has 0 aliphatic rings. The van der Waals surface area contributed by atoms with Crippen LogP contribution in [-0.4, -0.2) is 10.2 Å². The highest BCUT2D eigenvalue weighted by atomic mass is 35.5. The van der Waals surface area contributed by atoms with Crippen molar-refractivity contribution in [3.05, 3.63) is 34.3 Å². The highest BCUT2D eigenvalue weighted by molar-refractivity contribution is 7.99. The second-order valence-electron chi connectivity index (χ2n) is 3.78. The van der Waals surface area contributed by atoms with Gasteiger partial charge in [0.2, 0.25) is 0 Å². The van der Waals surface area contributed by atoms with E-state index in [1.54, 1.807) is 12.1 Å². The van der Waals surface area contributed by atoms with Crippen molar-refractivity contribution in [2.45, 2.75) is 9.79 Å². The molecule has 19 heavy (non-hydrogen) atoms. The zero-order valence-corrected chi connectivity index (χ0v) is 11.9. The molecule has 0 amide bonds. The van der Waals surface area contributed by atoms with E-state index in [0.717, 1.165) is 0 Å². The first-order valence-corrected chi connectivity index (χ1v) is 6.69. The van der Waals surface area contributed by atoms with Crippen LogP contribution in [0.15, 0.2) is 34.1 Å². The van der Waals surface area contributed by atoms with Crippen LogP contribution < -0.4 is 11.5 Å². The Morgan fingerprint density at radius 2 is 1.16 bits per heavy atom. The summed E-state index contributed by atoms with van der Waals surface area (Å²) in [5, 5.41) is 19.7. The fourth-order valence-corrected chi connectivity index (χ4v) is 2.94. The quantitative estimate of drug-likeness (QED) is 0.500. The molecular formula is C12H10Cl2N2O2S. The van der Waals surface area contributed by atoms with Gasteiger partial charge < -0.3 is 21.7 Å². The fraction of sp³-hybridized carbons (Fsp3) is 0. The molecule has 0 radical (unpaired) electrons. The molecule has 7 heteroatoms. The number of rotatable bonds is 2. The lowest BCUT2D eigenvalue weighted by atomic mass is 10.3. The Morgan fingerprint density at radius 1 is 0.789 bits per heavy atom. The van der Waals surface area contributed by atoms with E-state index in [-0.39, 0.29) is 32.9 Å². The lowest BCUT2D eigenvalue weighted by Gasteiger charge is -2.08. The van der Waals surface area contributed by atoms with Gasteiger partial charge in [0, 0.05) is 9.79 Å². The fourth-order valence-electron chi connectivity index (χ4n) is 1.41. The minimum absolute atomic E-state index is 0.0965. The van der Waals surface area contributed by atoms with Crippen LogP contribution in [0.5, 0.6) is 11.5 Å². The Morgan fingerprint density at radius 3 is 1.47 bits per heavy atom. The number of hydrogen-bond acceptors (Lipinski definition) is 5.